The van der Waals surface area contributed by atoms with Gasteiger partial charge in [-0.3, -0.25) is 38.8 Å². The van der Waals surface area contributed by atoms with E-state index in [9.17, 15) is 19.2 Å². The Hall–Kier alpha value is -7.22. The Morgan fingerprint density at radius 3 is 2.48 bits per heavy atom. The van der Waals surface area contributed by atoms with Gasteiger partial charge in [0.2, 0.25) is 17.7 Å². The van der Waals surface area contributed by atoms with Gasteiger partial charge in [0.1, 0.15) is 36.7 Å². The fourth-order valence-electron chi connectivity index (χ4n) is 10.6. The molecule has 0 spiro atoms. The summed E-state index contributed by atoms with van der Waals surface area (Å²) in [5, 5.41) is 14.4. The second-order valence-electron chi connectivity index (χ2n) is 20.0. The summed E-state index contributed by atoms with van der Waals surface area (Å²) in [6, 6.07) is 16.1. The molecular weight excluding hydrogens is 936 g/mol. The zero-order chi connectivity index (χ0) is 50.7. The average Bonchev–Trinajstić information content (AvgIpc) is 3.80. The van der Waals surface area contributed by atoms with Crippen LogP contribution in [0, 0.1) is 12.7 Å². The maximum absolute atomic E-state index is 16.0. The Bertz CT molecular complexity index is 3360. The number of aromatic nitrogens is 6. The molecule has 3 aliphatic heterocycles. The molecule has 4 fully saturated rings. The summed E-state index contributed by atoms with van der Waals surface area (Å²) in [5.74, 6) is -0.227. The lowest BCUT2D eigenvalue weighted by molar-refractivity contribution is -0.135. The van der Waals surface area contributed by atoms with Crippen LogP contribution in [0.3, 0.4) is 0 Å². The molecule has 4 aromatic carbocycles. The number of nitrogens with one attached hydrogen (secondary N) is 3. The van der Waals surface area contributed by atoms with Gasteiger partial charge in [0.15, 0.2) is 5.75 Å². The van der Waals surface area contributed by atoms with Gasteiger partial charge in [-0.15, -0.1) is 0 Å². The molecular formula is C54H59FN10O8. The normalized spacial score (nSPS) is 20.0. The third kappa shape index (κ3) is 9.29. The maximum atomic E-state index is 16.0. The number of carbonyl (C=O) groups is 3. The molecule has 4 atom stereocenters. The number of halogens is 1. The number of carbonyl (C=O) groups excluding carboxylic acids is 3. The van der Waals surface area contributed by atoms with Crippen molar-refractivity contribution in [1.82, 2.24) is 49.7 Å². The van der Waals surface area contributed by atoms with Gasteiger partial charge < -0.3 is 29.2 Å². The molecule has 1 aliphatic carbocycles. The number of amides is 3. The first-order chi connectivity index (χ1) is 35.3. The molecule has 73 heavy (non-hydrogen) atoms. The Labute approximate surface area is 420 Å². The van der Waals surface area contributed by atoms with Crippen LogP contribution in [0.2, 0.25) is 0 Å². The highest BCUT2D eigenvalue weighted by Crippen LogP contribution is 2.53. The Kier molecular flexibility index (Phi) is 12.9. The summed E-state index contributed by atoms with van der Waals surface area (Å²) in [4.78, 5) is 66.1. The quantitative estimate of drug-likeness (QED) is 0.0981. The van der Waals surface area contributed by atoms with Crippen molar-refractivity contribution in [1.29, 1.82) is 0 Å². The molecule has 1 saturated carbocycles. The molecule has 1 unspecified atom stereocenters. The summed E-state index contributed by atoms with van der Waals surface area (Å²) in [6.07, 6.45) is 4.53. The summed E-state index contributed by atoms with van der Waals surface area (Å²) < 4.78 is 44.2. The minimum atomic E-state index is -0.749. The number of hydrogen-bond donors (Lipinski definition) is 3. The predicted octanol–water partition coefficient (Wildman–Crippen LogP) is 6.21. The lowest BCUT2D eigenvalue weighted by atomic mass is 9.89. The number of aromatic amines is 1. The molecule has 3 amide bonds. The van der Waals surface area contributed by atoms with Crippen molar-refractivity contribution in [3.8, 4) is 28.8 Å². The number of benzene rings is 4. The Morgan fingerprint density at radius 1 is 0.932 bits per heavy atom. The highest BCUT2D eigenvalue weighted by atomic mass is 19.1. The van der Waals surface area contributed by atoms with E-state index >= 15 is 4.39 Å². The van der Waals surface area contributed by atoms with E-state index in [1.165, 1.54) is 10.6 Å². The minimum absolute atomic E-state index is 0.0704. The first kappa shape index (κ1) is 48.1. The number of ether oxygens (including phenoxy) is 4. The van der Waals surface area contributed by atoms with E-state index < -0.39 is 11.9 Å². The molecule has 18 nitrogen and oxygen atoms in total. The molecule has 3 aromatic heterocycles. The largest absolute Gasteiger partial charge is 0.486 e. The number of piperidine rings is 1. The summed E-state index contributed by atoms with van der Waals surface area (Å²) in [6.45, 7) is 9.94. The second kappa shape index (κ2) is 19.7. The van der Waals surface area contributed by atoms with Crippen LogP contribution in [0.25, 0.3) is 44.0 Å². The molecule has 6 heterocycles. The number of nitrogens with zero attached hydrogens (tertiary/aromatic N) is 7. The number of piperazine rings is 1. The molecule has 3 N–H and O–H groups in total. The number of imide groups is 1. The van der Waals surface area contributed by atoms with Crippen LogP contribution in [-0.2, 0) is 34.5 Å². The van der Waals surface area contributed by atoms with Crippen LogP contribution >= 0.6 is 0 Å². The number of fused-ring (bicyclic) bond motifs is 3. The fourth-order valence-corrected chi connectivity index (χ4v) is 10.6. The van der Waals surface area contributed by atoms with E-state index in [1.54, 1.807) is 31.8 Å². The molecule has 3 saturated heterocycles. The van der Waals surface area contributed by atoms with E-state index in [-0.39, 0.29) is 79.6 Å². The zero-order valence-electron chi connectivity index (χ0n) is 41.6. The molecule has 11 rings (SSSR count). The van der Waals surface area contributed by atoms with Crippen LogP contribution in [0.15, 0.2) is 65.6 Å². The molecule has 380 valence electrons. The van der Waals surface area contributed by atoms with Gasteiger partial charge in [0, 0.05) is 81.4 Å². The number of rotatable bonds is 15. The van der Waals surface area contributed by atoms with E-state index in [2.05, 4.69) is 31.8 Å². The number of methoxy groups -OCH3 is 1. The van der Waals surface area contributed by atoms with Crippen molar-refractivity contribution in [2.75, 3.05) is 46.4 Å². The highest BCUT2D eigenvalue weighted by molar-refractivity contribution is 6.05. The number of hydrogen-bond acceptors (Lipinski definition) is 13. The third-order valence-corrected chi connectivity index (χ3v) is 14.9. The van der Waals surface area contributed by atoms with Crippen LogP contribution in [0.5, 0.6) is 17.6 Å². The predicted molar refractivity (Wildman–Crippen MR) is 270 cm³/mol. The number of imidazole rings is 1. The summed E-state index contributed by atoms with van der Waals surface area (Å²) in [5.41, 5.74) is 7.28. The van der Waals surface area contributed by atoms with Gasteiger partial charge in [-0.1, -0.05) is 18.2 Å². The van der Waals surface area contributed by atoms with Crippen molar-refractivity contribution in [3.63, 3.8) is 0 Å². The second-order valence-corrected chi connectivity index (χ2v) is 20.0. The van der Waals surface area contributed by atoms with Crippen LogP contribution in [-0.4, -0.2) is 122 Å². The molecule has 4 aliphatic rings. The van der Waals surface area contributed by atoms with E-state index in [0.717, 1.165) is 53.4 Å². The maximum Gasteiger partial charge on any atom is 0.329 e. The summed E-state index contributed by atoms with van der Waals surface area (Å²) >= 11 is 0. The van der Waals surface area contributed by atoms with Crippen molar-refractivity contribution in [2.24, 2.45) is 7.05 Å². The van der Waals surface area contributed by atoms with Crippen molar-refractivity contribution >= 4 is 50.6 Å². The first-order valence-corrected chi connectivity index (χ1v) is 25.2. The molecule has 19 heteroatoms. The molecule has 0 bridgehead atoms. The number of H-pyrrole nitrogens is 1. The Balaban J connectivity index is 0.850. The Morgan fingerprint density at radius 2 is 1.74 bits per heavy atom. The molecule has 7 aromatic rings. The topological polar surface area (TPSA) is 200 Å². The van der Waals surface area contributed by atoms with Crippen LogP contribution < -0.4 is 30.5 Å². The third-order valence-electron chi connectivity index (χ3n) is 14.9. The highest BCUT2D eigenvalue weighted by Gasteiger charge is 2.35. The smallest absolute Gasteiger partial charge is 0.329 e. The van der Waals surface area contributed by atoms with Crippen molar-refractivity contribution < 1.29 is 37.7 Å². The van der Waals surface area contributed by atoms with Gasteiger partial charge in [0.25, 0.3) is 5.91 Å². The van der Waals surface area contributed by atoms with Crippen LogP contribution in [0.1, 0.15) is 90.5 Å². The van der Waals surface area contributed by atoms with Gasteiger partial charge in [-0.2, -0.15) is 15.1 Å². The van der Waals surface area contributed by atoms with E-state index in [0.29, 0.717) is 88.5 Å². The van der Waals surface area contributed by atoms with Gasteiger partial charge >= 0.3 is 11.7 Å². The monoisotopic (exact) mass is 994 g/mol. The first-order valence-electron chi connectivity index (χ1n) is 25.2. The minimum Gasteiger partial charge on any atom is -0.486 e. The van der Waals surface area contributed by atoms with Crippen molar-refractivity contribution in [3.05, 3.63) is 105 Å². The fraction of sp³-hybridized carbons (Fsp3) is 0.426. The van der Waals surface area contributed by atoms with E-state index in [4.69, 9.17) is 28.9 Å². The standard InChI is InChI=1S/C54H59FN10O8/c1-29-25-63(26-33-8-13-42-44(20-33)62(4)54(69)65(42)43-14-15-45(66)58-50(43)67)18-19-64(29)52(68)35-9-6-32(7-10-35)28-71-49-47(46-31(3)40(55)22-41-39(46)24-57-61-41)37(34-11-12-34)21-38-48(49)59-53(72-27-30(2)70-5)60-51(38)73-36-16-17-56-23-36/h6-10,13,20-22,24,29-30,34,36,43,56H,11-12,14-19,23,25-28H2,1-5H3,(H,57,61)(H,58,66,67)/t29-,30-,36-,43?/m0/s1. The number of aryl methyl sites for hydroxylation is 1. The van der Waals surface area contributed by atoms with Gasteiger partial charge in [-0.25, -0.2) is 9.18 Å². The lowest BCUT2D eigenvalue weighted by Crippen LogP contribution is -2.53. The summed E-state index contributed by atoms with van der Waals surface area (Å²) in [7, 11) is 3.31. The van der Waals surface area contributed by atoms with E-state index in [1.807, 2.05) is 61.2 Å². The van der Waals surface area contributed by atoms with Gasteiger partial charge in [-0.05, 0) is 118 Å². The van der Waals surface area contributed by atoms with Gasteiger partial charge in [0.05, 0.1) is 34.2 Å². The zero-order valence-corrected chi connectivity index (χ0v) is 41.6. The lowest BCUT2D eigenvalue weighted by Gasteiger charge is -2.40. The van der Waals surface area contributed by atoms with Crippen LogP contribution in [0.4, 0.5) is 4.39 Å². The SMILES string of the molecule is CO[C@@H](C)COc1nc(O[C@H]2CCNC2)c2cc(C3CC3)c(-c3c(C)c(F)cc4[nH]ncc34)c(OCc3ccc(C(=O)N4CCN(Cc5ccc6c(c5)n(C)c(=O)n6C5CCC(=O)NC5=O)C[C@@H]4C)cc3)c2n1. The molecule has 0 radical (unpaired) electrons. The van der Waals surface area contributed by atoms with Crippen molar-refractivity contribution in [2.45, 2.75) is 96.2 Å². The average molecular weight is 995 g/mol.